The zero-order valence-electron chi connectivity index (χ0n) is 14.3. The number of ether oxygens (including phenoxy) is 1. The van der Waals surface area contributed by atoms with Gasteiger partial charge in [0.15, 0.2) is 6.61 Å². The maximum atomic E-state index is 12.5. The van der Waals surface area contributed by atoms with E-state index < -0.39 is 0 Å². The largest absolute Gasteiger partial charge is 0.484 e. The van der Waals surface area contributed by atoms with Crippen LogP contribution in [-0.4, -0.2) is 24.0 Å². The van der Waals surface area contributed by atoms with E-state index in [2.05, 4.69) is 6.07 Å². The fraction of sp³-hybridized carbons (Fsp3) is 0.250. The molecule has 1 atom stereocenters. The lowest BCUT2D eigenvalue weighted by Crippen LogP contribution is -2.36. The maximum Gasteiger partial charge on any atom is 0.260 e. The first-order valence-corrected chi connectivity index (χ1v) is 8.01. The van der Waals surface area contributed by atoms with E-state index in [-0.39, 0.29) is 18.6 Å². The van der Waals surface area contributed by atoms with Gasteiger partial charge in [-0.05, 0) is 55.8 Å². The second-order valence-corrected chi connectivity index (χ2v) is 5.51. The van der Waals surface area contributed by atoms with E-state index in [9.17, 15) is 4.79 Å². The van der Waals surface area contributed by atoms with Gasteiger partial charge >= 0.3 is 0 Å². The Kier molecular flexibility index (Phi) is 6.14. The Morgan fingerprint density at radius 1 is 1.04 bits per heavy atom. The minimum atomic E-state index is -0.122. The summed E-state index contributed by atoms with van der Waals surface area (Å²) in [7, 11) is 0. The predicted octanol–water partition coefficient (Wildman–Crippen LogP) is 3.42. The van der Waals surface area contributed by atoms with Crippen molar-refractivity contribution in [1.82, 2.24) is 4.90 Å². The molecule has 0 saturated heterocycles. The number of nitriles is 2. The number of nitrogens with zero attached hydrogens (tertiary/aromatic N) is 3. The number of hydrogen-bond donors (Lipinski definition) is 0. The Morgan fingerprint density at radius 2 is 1.56 bits per heavy atom. The first-order valence-electron chi connectivity index (χ1n) is 8.01. The van der Waals surface area contributed by atoms with Crippen LogP contribution in [0, 0.1) is 22.7 Å². The van der Waals surface area contributed by atoms with E-state index >= 15 is 0 Å². The van der Waals surface area contributed by atoms with Gasteiger partial charge in [0.1, 0.15) is 5.75 Å². The number of carbonyl (C=O) groups excluding carboxylic acids is 1. The normalized spacial score (nSPS) is 11.0. The minimum Gasteiger partial charge on any atom is -0.484 e. The molecule has 0 aliphatic heterocycles. The molecular weight excluding hydrogens is 314 g/mol. The van der Waals surface area contributed by atoms with E-state index in [0.29, 0.717) is 23.4 Å². The molecule has 0 aliphatic rings. The van der Waals surface area contributed by atoms with Crippen LogP contribution in [0.5, 0.6) is 5.75 Å². The second kappa shape index (κ2) is 8.52. The lowest BCUT2D eigenvalue weighted by molar-refractivity contribution is -0.135. The highest BCUT2D eigenvalue weighted by atomic mass is 16.5. The molecule has 0 bridgehead atoms. The molecule has 0 fully saturated rings. The van der Waals surface area contributed by atoms with Crippen molar-refractivity contribution < 1.29 is 9.53 Å². The molecule has 0 aromatic heterocycles. The third kappa shape index (κ3) is 4.59. The van der Waals surface area contributed by atoms with Crippen LogP contribution >= 0.6 is 0 Å². The quantitative estimate of drug-likeness (QED) is 0.811. The summed E-state index contributed by atoms with van der Waals surface area (Å²) in [5, 5.41) is 17.7. The maximum absolute atomic E-state index is 12.5. The number of carbonyl (C=O) groups is 1. The van der Waals surface area contributed by atoms with Gasteiger partial charge in [-0.25, -0.2) is 0 Å². The van der Waals surface area contributed by atoms with E-state index in [0.717, 1.165) is 5.56 Å². The van der Waals surface area contributed by atoms with Crippen LogP contribution in [0.25, 0.3) is 0 Å². The van der Waals surface area contributed by atoms with Crippen LogP contribution in [0.1, 0.15) is 36.6 Å². The fourth-order valence-corrected chi connectivity index (χ4v) is 2.54. The third-order valence-corrected chi connectivity index (χ3v) is 4.00. The van der Waals surface area contributed by atoms with Crippen LogP contribution in [0.4, 0.5) is 0 Å². The molecule has 5 nitrogen and oxygen atoms in total. The molecule has 5 heteroatoms. The minimum absolute atomic E-state index is 0.0691. The summed E-state index contributed by atoms with van der Waals surface area (Å²) in [6.45, 7) is 4.35. The summed E-state index contributed by atoms with van der Waals surface area (Å²) in [4.78, 5) is 14.2. The predicted molar refractivity (Wildman–Crippen MR) is 93.6 cm³/mol. The van der Waals surface area contributed by atoms with Gasteiger partial charge in [-0.3, -0.25) is 4.79 Å². The summed E-state index contributed by atoms with van der Waals surface area (Å²) in [6, 6.07) is 17.9. The van der Waals surface area contributed by atoms with Gasteiger partial charge in [-0.2, -0.15) is 10.5 Å². The Morgan fingerprint density at radius 3 is 2.04 bits per heavy atom. The molecule has 2 rings (SSSR count). The molecule has 0 aliphatic carbocycles. The molecule has 0 saturated carbocycles. The smallest absolute Gasteiger partial charge is 0.260 e. The number of rotatable bonds is 6. The average molecular weight is 333 g/mol. The number of likely N-dealkylation sites (N-methyl/N-ethyl adjacent to an activating group) is 1. The van der Waals surface area contributed by atoms with Crippen molar-refractivity contribution in [1.29, 1.82) is 10.5 Å². The second-order valence-electron chi connectivity index (χ2n) is 5.51. The fourth-order valence-electron chi connectivity index (χ4n) is 2.54. The van der Waals surface area contributed by atoms with Gasteiger partial charge < -0.3 is 9.64 Å². The Labute approximate surface area is 147 Å². The average Bonchev–Trinajstić information content (AvgIpc) is 2.67. The zero-order chi connectivity index (χ0) is 18.2. The van der Waals surface area contributed by atoms with Crippen molar-refractivity contribution >= 4 is 5.91 Å². The topological polar surface area (TPSA) is 77.1 Å². The summed E-state index contributed by atoms with van der Waals surface area (Å²) in [5.74, 6) is 0.429. The standard InChI is InChI=1S/C20H19N3O2/c1-3-23(15(2)18-8-4-16(12-21)5-9-18)20(24)14-25-19-10-6-17(13-22)7-11-19/h4-11,15H,3,14H2,1-2H3. The third-order valence-electron chi connectivity index (χ3n) is 4.00. The van der Waals surface area contributed by atoms with Gasteiger partial charge in [0, 0.05) is 6.54 Å². The van der Waals surface area contributed by atoms with E-state index in [1.807, 2.05) is 32.0 Å². The first-order chi connectivity index (χ1) is 12.1. The van der Waals surface area contributed by atoms with Crippen LogP contribution in [0.3, 0.4) is 0 Å². The van der Waals surface area contributed by atoms with E-state index in [4.69, 9.17) is 15.3 Å². The SMILES string of the molecule is CCN(C(=O)COc1ccc(C#N)cc1)C(C)c1ccc(C#N)cc1. The molecule has 2 aromatic rings. The Bertz CT molecular complexity index is 799. The molecule has 1 amide bonds. The van der Waals surface area contributed by atoms with Crippen molar-refractivity contribution in [3.05, 3.63) is 65.2 Å². The summed E-state index contributed by atoms with van der Waals surface area (Å²) in [6.07, 6.45) is 0. The van der Waals surface area contributed by atoms with Crippen molar-refractivity contribution in [2.24, 2.45) is 0 Å². The molecule has 25 heavy (non-hydrogen) atoms. The van der Waals surface area contributed by atoms with Crippen molar-refractivity contribution in [2.75, 3.05) is 13.2 Å². The van der Waals surface area contributed by atoms with Gasteiger partial charge in [0.25, 0.3) is 5.91 Å². The molecule has 0 spiro atoms. The van der Waals surface area contributed by atoms with Gasteiger partial charge in [-0.15, -0.1) is 0 Å². The molecule has 0 radical (unpaired) electrons. The van der Waals surface area contributed by atoms with Crippen LogP contribution in [0.15, 0.2) is 48.5 Å². The zero-order valence-corrected chi connectivity index (χ0v) is 14.3. The van der Waals surface area contributed by atoms with Crippen molar-refractivity contribution in [3.63, 3.8) is 0 Å². The molecule has 2 aromatic carbocycles. The highest BCUT2D eigenvalue weighted by Gasteiger charge is 2.20. The summed E-state index contributed by atoms with van der Waals surface area (Å²) < 4.78 is 5.53. The van der Waals surface area contributed by atoms with Gasteiger partial charge in [0.05, 0.1) is 29.3 Å². The highest BCUT2D eigenvalue weighted by Crippen LogP contribution is 2.21. The Hall–Kier alpha value is -3.31. The van der Waals surface area contributed by atoms with Crippen LogP contribution < -0.4 is 4.74 Å². The lowest BCUT2D eigenvalue weighted by atomic mass is 10.0. The molecule has 126 valence electrons. The van der Waals surface area contributed by atoms with Crippen molar-refractivity contribution in [2.45, 2.75) is 19.9 Å². The highest BCUT2D eigenvalue weighted by molar-refractivity contribution is 5.78. The van der Waals surface area contributed by atoms with E-state index in [1.165, 1.54) is 0 Å². The molecular formula is C20H19N3O2. The monoisotopic (exact) mass is 333 g/mol. The van der Waals surface area contributed by atoms with Crippen LogP contribution in [-0.2, 0) is 4.79 Å². The number of amides is 1. The molecule has 0 N–H and O–H groups in total. The van der Waals surface area contributed by atoms with Gasteiger partial charge in [0.2, 0.25) is 0 Å². The summed E-state index contributed by atoms with van der Waals surface area (Å²) in [5.41, 5.74) is 2.10. The Balaban J connectivity index is 2.01. The van der Waals surface area contributed by atoms with Crippen molar-refractivity contribution in [3.8, 4) is 17.9 Å². The summed E-state index contributed by atoms with van der Waals surface area (Å²) >= 11 is 0. The van der Waals surface area contributed by atoms with E-state index in [1.54, 1.807) is 41.3 Å². The number of hydrogen-bond acceptors (Lipinski definition) is 4. The lowest BCUT2D eigenvalue weighted by Gasteiger charge is -2.28. The van der Waals surface area contributed by atoms with Gasteiger partial charge in [-0.1, -0.05) is 12.1 Å². The number of benzene rings is 2. The van der Waals surface area contributed by atoms with Crippen LogP contribution in [0.2, 0.25) is 0 Å². The molecule has 0 heterocycles. The first kappa shape index (κ1) is 18.0. The molecule has 1 unspecified atom stereocenters.